The number of thioether (sulfide) groups is 1. The second kappa shape index (κ2) is 8.10. The van der Waals surface area contributed by atoms with Crippen LogP contribution >= 0.6 is 11.8 Å². The first kappa shape index (κ1) is 20.3. The number of carbonyl (C=O) groups excluding carboxylic acids is 1. The van der Waals surface area contributed by atoms with Crippen molar-refractivity contribution in [3.8, 4) is 0 Å². The third kappa shape index (κ3) is 5.46. The molecule has 0 atom stereocenters. The highest BCUT2D eigenvalue weighted by Gasteiger charge is 2.34. The molecule has 0 heterocycles. The Kier molecular flexibility index (Phi) is 6.56. The van der Waals surface area contributed by atoms with Crippen LogP contribution in [0, 0.1) is 5.92 Å². The van der Waals surface area contributed by atoms with Gasteiger partial charge in [0.2, 0.25) is 15.9 Å². The van der Waals surface area contributed by atoms with Gasteiger partial charge in [-0.3, -0.25) is 4.79 Å². The Morgan fingerprint density at radius 2 is 1.64 bits per heavy atom. The molecule has 0 radical (unpaired) electrons. The van der Waals surface area contributed by atoms with Gasteiger partial charge in [-0.15, -0.1) is 11.8 Å². The molecule has 0 bridgehead atoms. The van der Waals surface area contributed by atoms with E-state index < -0.39 is 14.8 Å². The average Bonchev–Trinajstić information content (AvgIpc) is 2.55. The predicted octanol–water partition coefficient (Wildman–Crippen LogP) is 3.62. The summed E-state index contributed by atoms with van der Waals surface area (Å²) in [5.41, 5.74) is 0.804. The van der Waals surface area contributed by atoms with E-state index >= 15 is 0 Å². The van der Waals surface area contributed by atoms with E-state index in [1.54, 1.807) is 32.5 Å². The van der Waals surface area contributed by atoms with Gasteiger partial charge in [-0.1, -0.05) is 0 Å². The van der Waals surface area contributed by atoms with Crippen LogP contribution in [0.2, 0.25) is 0 Å². The molecular formula is C18H28N2O3S2. The number of benzene rings is 1. The second-order valence-corrected chi connectivity index (χ2v) is 10.8. The molecule has 1 aliphatic carbocycles. The monoisotopic (exact) mass is 384 g/mol. The molecule has 0 aliphatic heterocycles. The maximum atomic E-state index is 12.4. The Bertz CT molecular complexity index is 686. The number of anilines is 1. The van der Waals surface area contributed by atoms with E-state index in [1.807, 2.05) is 30.5 Å². The van der Waals surface area contributed by atoms with E-state index in [0.717, 1.165) is 10.6 Å². The Morgan fingerprint density at radius 1 is 1.08 bits per heavy atom. The van der Waals surface area contributed by atoms with Gasteiger partial charge in [0, 0.05) is 22.5 Å². The van der Waals surface area contributed by atoms with Crippen molar-refractivity contribution in [2.45, 2.75) is 62.1 Å². The topological polar surface area (TPSA) is 75.3 Å². The number of amides is 1. The van der Waals surface area contributed by atoms with Crippen LogP contribution in [0.1, 0.15) is 46.5 Å². The van der Waals surface area contributed by atoms with Crippen LogP contribution in [0.5, 0.6) is 0 Å². The third-order valence-corrected chi connectivity index (χ3v) is 7.58. The molecule has 2 N–H and O–H groups in total. The maximum absolute atomic E-state index is 12.4. The summed E-state index contributed by atoms with van der Waals surface area (Å²) in [6.45, 7) is 5.07. The quantitative estimate of drug-likeness (QED) is 0.760. The largest absolute Gasteiger partial charge is 0.326 e. The Labute approximate surface area is 155 Å². The molecule has 1 aromatic carbocycles. The molecule has 0 saturated heterocycles. The molecule has 2 rings (SSSR count). The van der Waals surface area contributed by atoms with Crippen molar-refractivity contribution in [2.24, 2.45) is 5.92 Å². The first-order valence-corrected chi connectivity index (χ1v) is 11.3. The Hall–Kier alpha value is -1.05. The normalized spacial score (nSPS) is 21.8. The fourth-order valence-electron chi connectivity index (χ4n) is 2.79. The molecule has 0 aromatic heterocycles. The summed E-state index contributed by atoms with van der Waals surface area (Å²) in [5, 5.41) is 2.96. The summed E-state index contributed by atoms with van der Waals surface area (Å²) in [4.78, 5) is 13.6. The molecule has 7 heteroatoms. The van der Waals surface area contributed by atoms with Crippen molar-refractivity contribution in [2.75, 3.05) is 11.6 Å². The van der Waals surface area contributed by atoms with Crippen molar-refractivity contribution < 1.29 is 13.2 Å². The van der Waals surface area contributed by atoms with Crippen molar-refractivity contribution in [1.29, 1.82) is 0 Å². The van der Waals surface area contributed by atoms with Crippen LogP contribution in [0.25, 0.3) is 0 Å². The summed E-state index contributed by atoms with van der Waals surface area (Å²) in [6.07, 6.45) is 4.80. The first-order valence-electron chi connectivity index (χ1n) is 8.59. The van der Waals surface area contributed by atoms with Crippen molar-refractivity contribution in [1.82, 2.24) is 4.72 Å². The minimum absolute atomic E-state index is 0.0223. The number of hydrogen-bond donors (Lipinski definition) is 2. The lowest BCUT2D eigenvalue weighted by molar-refractivity contribution is -0.120. The van der Waals surface area contributed by atoms with E-state index in [1.165, 1.54) is 0 Å². The van der Waals surface area contributed by atoms with Crippen LogP contribution < -0.4 is 10.0 Å². The van der Waals surface area contributed by atoms with Crippen LogP contribution in [0.15, 0.2) is 29.2 Å². The zero-order valence-corrected chi connectivity index (χ0v) is 17.0. The number of sulfonamides is 1. The summed E-state index contributed by atoms with van der Waals surface area (Å²) in [7, 11) is -3.34. The summed E-state index contributed by atoms with van der Waals surface area (Å²) in [5.74, 6) is -0.0374. The molecule has 1 aromatic rings. The summed E-state index contributed by atoms with van der Waals surface area (Å²) >= 11 is 1.66. The van der Waals surface area contributed by atoms with Gasteiger partial charge in [-0.05, 0) is 77.0 Å². The number of hydrogen-bond acceptors (Lipinski definition) is 4. The molecule has 1 amide bonds. The van der Waals surface area contributed by atoms with Gasteiger partial charge < -0.3 is 5.32 Å². The van der Waals surface area contributed by atoms with Gasteiger partial charge in [0.15, 0.2) is 0 Å². The van der Waals surface area contributed by atoms with Crippen LogP contribution in [0.4, 0.5) is 5.69 Å². The molecule has 0 unspecified atom stereocenters. The van der Waals surface area contributed by atoms with Crippen LogP contribution in [0.3, 0.4) is 0 Å². The van der Waals surface area contributed by atoms with Crippen molar-refractivity contribution in [3.63, 3.8) is 0 Å². The third-order valence-electron chi connectivity index (χ3n) is 4.58. The van der Waals surface area contributed by atoms with Gasteiger partial charge in [-0.25, -0.2) is 13.1 Å². The first-order chi connectivity index (χ1) is 11.6. The lowest BCUT2D eigenvalue weighted by Crippen LogP contribution is -2.46. The number of carbonyl (C=O) groups is 1. The van der Waals surface area contributed by atoms with Gasteiger partial charge in [0.1, 0.15) is 0 Å². The second-order valence-electron chi connectivity index (χ2n) is 7.50. The smallest absolute Gasteiger partial charge is 0.227 e. The molecular weight excluding hydrogens is 356 g/mol. The van der Waals surface area contributed by atoms with Crippen molar-refractivity contribution >= 4 is 33.4 Å². The SMILES string of the molecule is CSc1ccc(NC(=O)[C@H]2CC[C@H](NS(=O)(=O)C(C)(C)C)CC2)cc1. The Balaban J connectivity index is 1.85. The highest BCUT2D eigenvalue weighted by atomic mass is 32.2. The van der Waals surface area contributed by atoms with E-state index in [2.05, 4.69) is 10.0 Å². The zero-order chi connectivity index (χ0) is 18.7. The molecule has 25 heavy (non-hydrogen) atoms. The highest BCUT2D eigenvalue weighted by Crippen LogP contribution is 2.27. The molecule has 140 valence electrons. The summed E-state index contributed by atoms with van der Waals surface area (Å²) in [6, 6.07) is 7.71. The number of rotatable bonds is 5. The van der Waals surface area contributed by atoms with Crippen LogP contribution in [-0.4, -0.2) is 31.4 Å². The lowest BCUT2D eigenvalue weighted by Gasteiger charge is -2.30. The molecule has 1 saturated carbocycles. The van der Waals surface area contributed by atoms with Gasteiger partial charge in [0.05, 0.1) is 4.75 Å². The lowest BCUT2D eigenvalue weighted by atomic mass is 9.86. The number of nitrogens with one attached hydrogen (secondary N) is 2. The molecule has 5 nitrogen and oxygen atoms in total. The van der Waals surface area contributed by atoms with Crippen molar-refractivity contribution in [3.05, 3.63) is 24.3 Å². The van der Waals surface area contributed by atoms with Crippen LogP contribution in [-0.2, 0) is 14.8 Å². The maximum Gasteiger partial charge on any atom is 0.227 e. The predicted molar refractivity (Wildman–Crippen MR) is 104 cm³/mol. The molecule has 1 fully saturated rings. The van der Waals surface area contributed by atoms with E-state index in [9.17, 15) is 13.2 Å². The minimum atomic E-state index is -3.34. The summed E-state index contributed by atoms with van der Waals surface area (Å²) < 4.78 is 26.5. The molecule has 0 spiro atoms. The zero-order valence-electron chi connectivity index (χ0n) is 15.3. The van der Waals surface area contributed by atoms with E-state index in [0.29, 0.717) is 25.7 Å². The van der Waals surface area contributed by atoms with Gasteiger partial charge >= 0.3 is 0 Å². The fourth-order valence-corrected chi connectivity index (χ4v) is 4.22. The van der Waals surface area contributed by atoms with E-state index in [4.69, 9.17) is 0 Å². The standard InChI is InChI=1S/C18H28N2O3S2/c1-18(2,3)25(22,23)20-15-7-5-13(6-8-15)17(21)19-14-9-11-16(24-4)12-10-14/h9-13,15,20H,5-8H2,1-4H3,(H,19,21)/t13-,15-. The Morgan fingerprint density at radius 3 is 2.12 bits per heavy atom. The average molecular weight is 385 g/mol. The minimum Gasteiger partial charge on any atom is -0.326 e. The molecule has 1 aliphatic rings. The van der Waals surface area contributed by atoms with Gasteiger partial charge in [0.25, 0.3) is 0 Å². The fraction of sp³-hybridized carbons (Fsp3) is 0.611. The van der Waals surface area contributed by atoms with E-state index in [-0.39, 0.29) is 17.9 Å². The van der Waals surface area contributed by atoms with Gasteiger partial charge in [-0.2, -0.15) is 0 Å². The highest BCUT2D eigenvalue weighted by molar-refractivity contribution is 7.98.